The van der Waals surface area contributed by atoms with Crippen molar-refractivity contribution in [2.24, 2.45) is 0 Å². The molecule has 0 aliphatic rings. The lowest BCUT2D eigenvalue weighted by atomic mass is 10.1. The number of fused-ring (bicyclic) bond motifs is 1. The second kappa shape index (κ2) is 7.39. The van der Waals surface area contributed by atoms with Crippen molar-refractivity contribution >= 4 is 45.7 Å². The molecule has 4 rings (SSSR count). The van der Waals surface area contributed by atoms with E-state index in [1.54, 1.807) is 19.4 Å². The number of pyridine rings is 1. The molecule has 2 aromatic heterocycles. The van der Waals surface area contributed by atoms with Crippen LogP contribution in [0.25, 0.3) is 22.2 Å². The summed E-state index contributed by atoms with van der Waals surface area (Å²) < 4.78 is 7.05. The normalized spacial score (nSPS) is 11.1. The van der Waals surface area contributed by atoms with Crippen LogP contribution in [-0.2, 0) is 6.54 Å². The molecule has 4 nitrogen and oxygen atoms in total. The van der Waals surface area contributed by atoms with Gasteiger partial charge in [0.2, 0.25) is 0 Å². The second-order valence-electron chi connectivity index (χ2n) is 5.95. The molecule has 0 aliphatic heterocycles. The predicted molar refractivity (Wildman–Crippen MR) is 110 cm³/mol. The van der Waals surface area contributed by atoms with E-state index in [0.717, 1.165) is 33.5 Å². The van der Waals surface area contributed by atoms with E-state index < -0.39 is 0 Å². The molecular weight excluding hydrogens is 405 g/mol. The molecule has 0 aliphatic carbocycles. The highest BCUT2D eigenvalue weighted by atomic mass is 35.5. The van der Waals surface area contributed by atoms with E-state index in [-0.39, 0.29) is 0 Å². The first-order valence-corrected chi connectivity index (χ1v) is 9.30. The zero-order valence-electron chi connectivity index (χ0n) is 14.3. The summed E-state index contributed by atoms with van der Waals surface area (Å²) in [5.74, 6) is 0.801. The average molecular weight is 419 g/mol. The fourth-order valence-electron chi connectivity index (χ4n) is 2.99. The van der Waals surface area contributed by atoms with Crippen LogP contribution in [0.15, 0.2) is 54.7 Å². The number of hydrogen-bond acceptors (Lipinski definition) is 3. The Morgan fingerprint density at radius 1 is 1.00 bits per heavy atom. The second-order valence-corrected chi connectivity index (χ2v) is 7.10. The van der Waals surface area contributed by atoms with Gasteiger partial charge in [0, 0.05) is 17.1 Å². The number of methoxy groups -OCH3 is 1. The highest BCUT2D eigenvalue weighted by Crippen LogP contribution is 2.37. The summed E-state index contributed by atoms with van der Waals surface area (Å²) in [6.07, 6.45) is 1.66. The van der Waals surface area contributed by atoms with Crippen molar-refractivity contribution in [3.8, 4) is 17.0 Å². The first-order chi connectivity index (χ1) is 13.1. The van der Waals surface area contributed by atoms with Gasteiger partial charge in [-0.15, -0.1) is 0 Å². The van der Waals surface area contributed by atoms with Crippen LogP contribution in [0, 0.1) is 0 Å². The van der Waals surface area contributed by atoms with E-state index in [1.807, 2.05) is 47.1 Å². The molecule has 0 N–H and O–H groups in total. The molecule has 2 heterocycles. The quantitative estimate of drug-likeness (QED) is 0.375. The molecule has 0 fully saturated rings. The fraction of sp³-hybridized carbons (Fsp3) is 0.100. The van der Waals surface area contributed by atoms with E-state index >= 15 is 0 Å². The van der Waals surface area contributed by atoms with Crippen LogP contribution in [0.5, 0.6) is 5.75 Å². The lowest BCUT2D eigenvalue weighted by Crippen LogP contribution is -2.02. The van der Waals surface area contributed by atoms with E-state index in [1.165, 1.54) is 0 Å². The number of nitrogens with zero attached hydrogens (tertiary/aromatic N) is 3. The molecule has 2 aromatic carbocycles. The number of halogens is 3. The molecular formula is C20H14Cl3N3O. The molecule has 0 amide bonds. The fourth-order valence-corrected chi connectivity index (χ4v) is 3.64. The smallest absolute Gasteiger partial charge is 0.154 e. The average Bonchev–Trinajstić information content (AvgIpc) is 3.04. The Kier molecular flexibility index (Phi) is 4.96. The summed E-state index contributed by atoms with van der Waals surface area (Å²) in [6, 6.07) is 15.2. The van der Waals surface area contributed by atoms with E-state index in [2.05, 4.69) is 4.98 Å². The van der Waals surface area contributed by atoms with Gasteiger partial charge in [-0.25, -0.2) is 4.98 Å². The van der Waals surface area contributed by atoms with Gasteiger partial charge in [-0.1, -0.05) is 59.1 Å². The minimum atomic E-state index is 0.387. The summed E-state index contributed by atoms with van der Waals surface area (Å²) in [4.78, 5) is 4.21. The van der Waals surface area contributed by atoms with Gasteiger partial charge in [0.05, 0.1) is 23.7 Å². The Balaban J connectivity index is 1.87. The molecule has 0 unspecified atom stereocenters. The Morgan fingerprint density at radius 2 is 1.78 bits per heavy atom. The van der Waals surface area contributed by atoms with Crippen LogP contribution in [0.2, 0.25) is 15.2 Å². The largest absolute Gasteiger partial charge is 0.497 e. The van der Waals surface area contributed by atoms with Gasteiger partial charge in [-0.05, 0) is 29.8 Å². The Morgan fingerprint density at radius 3 is 2.52 bits per heavy atom. The summed E-state index contributed by atoms with van der Waals surface area (Å²) in [5, 5.41) is 6.97. The molecule has 0 saturated carbocycles. The minimum absolute atomic E-state index is 0.387. The van der Waals surface area contributed by atoms with E-state index in [4.69, 9.17) is 44.6 Å². The Bertz CT molecular complexity index is 1120. The van der Waals surface area contributed by atoms with E-state index in [9.17, 15) is 0 Å². The van der Waals surface area contributed by atoms with Crippen LogP contribution < -0.4 is 4.74 Å². The van der Waals surface area contributed by atoms with Crippen molar-refractivity contribution < 1.29 is 4.74 Å². The molecule has 7 heteroatoms. The van der Waals surface area contributed by atoms with Crippen LogP contribution in [0.1, 0.15) is 5.56 Å². The third-order valence-electron chi connectivity index (χ3n) is 4.31. The van der Waals surface area contributed by atoms with Crippen LogP contribution in [0.3, 0.4) is 0 Å². The zero-order chi connectivity index (χ0) is 19.0. The zero-order valence-corrected chi connectivity index (χ0v) is 16.6. The summed E-state index contributed by atoms with van der Waals surface area (Å²) >= 11 is 19.0. The standard InChI is InChI=1S/C20H14Cl3N3O/c1-27-13-7-5-12(6-8-13)11-26-19-15(9-10-24-20(19)23)18(25-26)14-3-2-4-16(21)17(14)22/h2-10H,11H2,1H3. The Labute approximate surface area is 171 Å². The Hall–Kier alpha value is -2.27. The number of hydrogen-bond donors (Lipinski definition) is 0. The van der Waals surface area contributed by atoms with Gasteiger partial charge < -0.3 is 4.74 Å². The number of benzene rings is 2. The predicted octanol–water partition coefficient (Wildman–Crippen LogP) is 6.12. The van der Waals surface area contributed by atoms with Crippen molar-refractivity contribution in [2.75, 3.05) is 7.11 Å². The van der Waals surface area contributed by atoms with Gasteiger partial charge in [-0.2, -0.15) is 5.10 Å². The van der Waals surface area contributed by atoms with Gasteiger partial charge >= 0.3 is 0 Å². The molecule has 0 atom stereocenters. The SMILES string of the molecule is COc1ccc(Cn2nc(-c3cccc(Cl)c3Cl)c3ccnc(Cl)c32)cc1. The highest BCUT2D eigenvalue weighted by molar-refractivity contribution is 6.44. The van der Waals surface area contributed by atoms with Crippen molar-refractivity contribution in [3.63, 3.8) is 0 Å². The maximum absolute atomic E-state index is 6.43. The number of rotatable bonds is 4. The molecule has 0 spiro atoms. The summed E-state index contributed by atoms with van der Waals surface area (Å²) in [7, 11) is 1.64. The van der Waals surface area contributed by atoms with Crippen LogP contribution >= 0.6 is 34.8 Å². The lowest BCUT2D eigenvalue weighted by Gasteiger charge is -2.06. The van der Waals surface area contributed by atoms with Crippen molar-refractivity contribution in [1.82, 2.24) is 14.8 Å². The summed E-state index contributed by atoms with van der Waals surface area (Å²) in [6.45, 7) is 0.532. The molecule has 27 heavy (non-hydrogen) atoms. The minimum Gasteiger partial charge on any atom is -0.497 e. The topological polar surface area (TPSA) is 39.9 Å². The van der Waals surface area contributed by atoms with Gasteiger partial charge in [0.1, 0.15) is 17.0 Å². The van der Waals surface area contributed by atoms with Crippen LogP contribution in [0.4, 0.5) is 0 Å². The van der Waals surface area contributed by atoms with Crippen molar-refractivity contribution in [1.29, 1.82) is 0 Å². The molecule has 0 radical (unpaired) electrons. The summed E-state index contributed by atoms with van der Waals surface area (Å²) in [5.41, 5.74) is 3.28. The van der Waals surface area contributed by atoms with Crippen molar-refractivity contribution in [3.05, 3.63) is 75.5 Å². The molecule has 4 aromatic rings. The van der Waals surface area contributed by atoms with Gasteiger partial charge in [0.15, 0.2) is 5.15 Å². The molecule has 0 bridgehead atoms. The highest BCUT2D eigenvalue weighted by Gasteiger charge is 2.18. The molecule has 136 valence electrons. The maximum atomic E-state index is 6.43. The van der Waals surface area contributed by atoms with Gasteiger partial charge in [-0.3, -0.25) is 4.68 Å². The number of ether oxygens (including phenoxy) is 1. The first kappa shape index (κ1) is 18.1. The molecule has 0 saturated heterocycles. The monoisotopic (exact) mass is 417 g/mol. The first-order valence-electron chi connectivity index (χ1n) is 8.17. The third kappa shape index (κ3) is 3.36. The third-order valence-corrected chi connectivity index (χ3v) is 5.41. The van der Waals surface area contributed by atoms with Crippen LogP contribution in [-0.4, -0.2) is 21.9 Å². The van der Waals surface area contributed by atoms with Gasteiger partial charge in [0.25, 0.3) is 0 Å². The maximum Gasteiger partial charge on any atom is 0.154 e. The number of aromatic nitrogens is 3. The van der Waals surface area contributed by atoms with E-state index in [0.29, 0.717) is 21.7 Å². The van der Waals surface area contributed by atoms with Crippen molar-refractivity contribution in [2.45, 2.75) is 6.54 Å². The lowest BCUT2D eigenvalue weighted by molar-refractivity contribution is 0.414.